The number of aliphatic hydroxyl groups excluding tert-OH is 1. The first-order chi connectivity index (χ1) is 15.1. The van der Waals surface area contributed by atoms with E-state index >= 15 is 0 Å². The third-order valence-electron chi connectivity index (χ3n) is 11.4. The quantitative estimate of drug-likeness (QED) is 0.338. The lowest BCUT2D eigenvalue weighted by Crippen LogP contribution is -2.56. The van der Waals surface area contributed by atoms with Gasteiger partial charge in [0.15, 0.2) is 0 Å². The smallest absolute Gasteiger partial charge is 0.209 e. The molecule has 4 heteroatoms. The summed E-state index contributed by atoms with van der Waals surface area (Å²) in [6.45, 7) is 12.3. The number of fused-ring (bicyclic) bond motifs is 5. The summed E-state index contributed by atoms with van der Waals surface area (Å²) in [7, 11) is 0. The lowest BCUT2D eigenvalue weighted by molar-refractivity contribution is -0.493. The van der Waals surface area contributed by atoms with E-state index in [-0.39, 0.29) is 22.8 Å². The van der Waals surface area contributed by atoms with Gasteiger partial charge in [0.25, 0.3) is 0 Å². The summed E-state index contributed by atoms with van der Waals surface area (Å²) in [6.07, 6.45) is 13.3. The average molecular weight is 448 g/mol. The molecule has 0 saturated heterocycles. The molecular formula is C28H49NO3. The van der Waals surface area contributed by atoms with Crippen LogP contribution in [0.15, 0.2) is 0 Å². The molecule has 0 amide bonds. The van der Waals surface area contributed by atoms with Crippen molar-refractivity contribution in [1.29, 1.82) is 0 Å². The van der Waals surface area contributed by atoms with Gasteiger partial charge in [0, 0.05) is 4.92 Å². The fourth-order valence-electron chi connectivity index (χ4n) is 9.83. The van der Waals surface area contributed by atoms with Crippen LogP contribution in [0.2, 0.25) is 0 Å². The maximum absolute atomic E-state index is 11.3. The zero-order valence-corrected chi connectivity index (χ0v) is 21.4. The van der Waals surface area contributed by atoms with Crippen molar-refractivity contribution in [3.8, 4) is 0 Å². The Labute approximate surface area is 196 Å². The van der Waals surface area contributed by atoms with E-state index in [2.05, 4.69) is 34.6 Å². The van der Waals surface area contributed by atoms with Crippen molar-refractivity contribution in [2.45, 2.75) is 111 Å². The fourth-order valence-corrected chi connectivity index (χ4v) is 9.83. The van der Waals surface area contributed by atoms with Crippen LogP contribution >= 0.6 is 0 Å². The van der Waals surface area contributed by atoms with E-state index in [1.54, 1.807) is 0 Å². The normalized spacial score (nSPS) is 46.9. The average Bonchev–Trinajstić information content (AvgIpc) is 3.05. The first-order valence-electron chi connectivity index (χ1n) is 13.9. The number of nitrogens with zero attached hydrogens (tertiary/aromatic N) is 1. The highest BCUT2D eigenvalue weighted by molar-refractivity contribution is 5.10. The van der Waals surface area contributed by atoms with Gasteiger partial charge in [-0.05, 0) is 104 Å². The van der Waals surface area contributed by atoms with Gasteiger partial charge >= 0.3 is 0 Å². The van der Waals surface area contributed by atoms with Crippen molar-refractivity contribution in [3.63, 3.8) is 0 Å². The van der Waals surface area contributed by atoms with E-state index in [0.29, 0.717) is 17.3 Å². The van der Waals surface area contributed by atoms with Crippen LogP contribution in [0.5, 0.6) is 0 Å². The minimum atomic E-state index is -0.480. The molecule has 0 aromatic rings. The number of aliphatic hydroxyl groups is 1. The summed E-state index contributed by atoms with van der Waals surface area (Å²) < 4.78 is 0. The second-order valence-electron chi connectivity index (χ2n) is 13.5. The maximum Gasteiger partial charge on any atom is 0.209 e. The SMILES string of the molecule is CC(C)CCC[C@@H](C)[C@H]1CC[C@H]2[C@@H]3CC[C@H]4C[C@H](O)[C@@H](C[N+](=O)[O-])C[C@]4(C)[C@H]3CC[C@]12C. The van der Waals surface area contributed by atoms with E-state index in [9.17, 15) is 15.2 Å². The summed E-state index contributed by atoms with van der Waals surface area (Å²) in [4.78, 5) is 11.1. The van der Waals surface area contributed by atoms with Crippen LogP contribution in [0.25, 0.3) is 0 Å². The van der Waals surface area contributed by atoms with Crippen LogP contribution in [0.4, 0.5) is 0 Å². The van der Waals surface area contributed by atoms with Crippen LogP contribution < -0.4 is 0 Å². The minimum absolute atomic E-state index is 0.0576. The molecule has 1 N–H and O–H groups in total. The van der Waals surface area contributed by atoms with Crippen LogP contribution in [0, 0.1) is 68.3 Å². The molecule has 184 valence electrons. The molecule has 0 radical (unpaired) electrons. The van der Waals surface area contributed by atoms with E-state index in [1.807, 2.05) is 0 Å². The fraction of sp³-hybridized carbons (Fsp3) is 1.00. The molecule has 0 aliphatic heterocycles. The Hall–Kier alpha value is -0.640. The summed E-state index contributed by atoms with van der Waals surface area (Å²) in [5, 5.41) is 21.9. The van der Waals surface area contributed by atoms with Crippen molar-refractivity contribution >= 4 is 0 Å². The van der Waals surface area contributed by atoms with E-state index < -0.39 is 6.10 Å². The van der Waals surface area contributed by atoms with Gasteiger partial charge in [0.1, 0.15) is 0 Å². The van der Waals surface area contributed by atoms with E-state index in [4.69, 9.17) is 0 Å². The molecule has 4 saturated carbocycles. The van der Waals surface area contributed by atoms with Crippen molar-refractivity contribution < 1.29 is 10.0 Å². The van der Waals surface area contributed by atoms with Gasteiger partial charge in [0.2, 0.25) is 6.54 Å². The molecule has 32 heavy (non-hydrogen) atoms. The highest BCUT2D eigenvalue weighted by atomic mass is 16.6. The summed E-state index contributed by atoms with van der Waals surface area (Å²) in [5.74, 6) is 5.27. The van der Waals surface area contributed by atoms with Gasteiger partial charge in [-0.15, -0.1) is 0 Å². The van der Waals surface area contributed by atoms with Gasteiger partial charge in [-0.25, -0.2) is 0 Å². The Morgan fingerprint density at radius 3 is 2.41 bits per heavy atom. The molecule has 10 atom stereocenters. The van der Waals surface area contributed by atoms with Crippen molar-refractivity contribution in [3.05, 3.63) is 10.1 Å². The van der Waals surface area contributed by atoms with Gasteiger partial charge in [0.05, 0.1) is 12.0 Å². The van der Waals surface area contributed by atoms with Gasteiger partial charge in [-0.2, -0.15) is 0 Å². The topological polar surface area (TPSA) is 63.4 Å². The number of hydrogen-bond donors (Lipinski definition) is 1. The maximum atomic E-state index is 11.3. The Morgan fingerprint density at radius 1 is 1.00 bits per heavy atom. The monoisotopic (exact) mass is 447 g/mol. The van der Waals surface area contributed by atoms with Crippen molar-refractivity contribution in [2.24, 2.45) is 58.2 Å². The molecular weight excluding hydrogens is 398 g/mol. The van der Waals surface area contributed by atoms with Gasteiger partial charge < -0.3 is 5.11 Å². The number of rotatable bonds is 7. The summed E-state index contributed by atoms with van der Waals surface area (Å²) >= 11 is 0. The molecule has 0 heterocycles. The molecule has 0 unspecified atom stereocenters. The molecule has 4 nitrogen and oxygen atoms in total. The van der Waals surface area contributed by atoms with Crippen molar-refractivity contribution in [2.75, 3.05) is 6.54 Å². The van der Waals surface area contributed by atoms with Gasteiger partial charge in [-0.3, -0.25) is 10.1 Å². The molecule has 4 aliphatic rings. The molecule has 0 bridgehead atoms. The summed E-state index contributed by atoms with van der Waals surface area (Å²) in [5.41, 5.74) is 0.682. The standard InChI is InChI=1S/C28H49NO3/c1-18(2)7-6-8-19(3)23-11-12-24-22-10-9-21-15-26(30)20(17-29(31)32)16-28(21,5)25(22)13-14-27(23,24)4/h18-26,30H,6-17H2,1-5H3/t19-,20-,21+,22+,23-,24+,25+,26+,27-,28+/m1/s1. The third-order valence-corrected chi connectivity index (χ3v) is 11.4. The van der Waals surface area contributed by atoms with Crippen LogP contribution in [-0.2, 0) is 0 Å². The molecule has 4 aliphatic carbocycles. The number of nitro groups is 1. The highest BCUT2D eigenvalue weighted by Gasteiger charge is 2.61. The Balaban J connectivity index is 1.48. The molecule has 0 aromatic carbocycles. The molecule has 0 spiro atoms. The zero-order valence-electron chi connectivity index (χ0n) is 21.4. The highest BCUT2D eigenvalue weighted by Crippen LogP contribution is 2.68. The van der Waals surface area contributed by atoms with Crippen molar-refractivity contribution in [1.82, 2.24) is 0 Å². The first-order valence-corrected chi connectivity index (χ1v) is 13.9. The largest absolute Gasteiger partial charge is 0.393 e. The number of hydrogen-bond acceptors (Lipinski definition) is 3. The molecule has 4 fully saturated rings. The van der Waals surface area contributed by atoms with Gasteiger partial charge in [-0.1, -0.05) is 53.9 Å². The Morgan fingerprint density at radius 2 is 1.72 bits per heavy atom. The molecule has 4 rings (SSSR count). The predicted molar refractivity (Wildman–Crippen MR) is 130 cm³/mol. The summed E-state index contributed by atoms with van der Waals surface area (Å²) in [6, 6.07) is 0. The second kappa shape index (κ2) is 9.19. The van der Waals surface area contributed by atoms with Crippen LogP contribution in [0.3, 0.4) is 0 Å². The van der Waals surface area contributed by atoms with Crippen LogP contribution in [0.1, 0.15) is 105 Å². The Bertz CT molecular complexity index is 680. The third kappa shape index (κ3) is 4.27. The minimum Gasteiger partial charge on any atom is -0.393 e. The Kier molecular flexibility index (Phi) is 7.03. The first kappa shape index (κ1) is 24.5. The lowest BCUT2D eigenvalue weighted by Gasteiger charge is -2.62. The zero-order chi connectivity index (χ0) is 23.3. The lowest BCUT2D eigenvalue weighted by atomic mass is 9.43. The van der Waals surface area contributed by atoms with Crippen LogP contribution in [-0.4, -0.2) is 22.7 Å². The van der Waals surface area contributed by atoms with E-state index in [1.165, 1.54) is 57.8 Å². The molecule has 0 aromatic heterocycles. The van der Waals surface area contributed by atoms with E-state index in [0.717, 1.165) is 42.4 Å². The second-order valence-corrected chi connectivity index (χ2v) is 13.5. The predicted octanol–water partition coefficient (Wildman–Crippen LogP) is 6.97.